The number of anilines is 1. The van der Waals surface area contributed by atoms with Crippen LogP contribution < -0.4 is 10.6 Å². The molecule has 0 saturated carbocycles. The summed E-state index contributed by atoms with van der Waals surface area (Å²) in [6.07, 6.45) is 0. The zero-order chi connectivity index (χ0) is 18.4. The minimum absolute atomic E-state index is 0.0224. The Balaban J connectivity index is 1.70. The van der Waals surface area contributed by atoms with Crippen LogP contribution in [-0.4, -0.2) is 12.5 Å². The van der Waals surface area contributed by atoms with Crippen LogP contribution in [-0.2, 0) is 4.79 Å². The smallest absolute Gasteiger partial charge is 0.240 e. The SMILES string of the molecule is CC(C)c1ccccc1NCC(=O)N[C@H](c1ccccc1)c1cccs1. The molecular weight excluding hydrogens is 340 g/mol. The van der Waals surface area contributed by atoms with E-state index >= 15 is 0 Å². The number of amides is 1. The maximum atomic E-state index is 12.6. The number of carbonyl (C=O) groups excluding carboxylic acids is 1. The Labute approximate surface area is 159 Å². The van der Waals surface area contributed by atoms with Crippen molar-refractivity contribution in [1.82, 2.24) is 5.32 Å². The van der Waals surface area contributed by atoms with Gasteiger partial charge in [-0.3, -0.25) is 4.79 Å². The highest BCUT2D eigenvalue weighted by Crippen LogP contribution is 2.26. The Kier molecular flexibility index (Phi) is 6.08. The van der Waals surface area contributed by atoms with Gasteiger partial charge in [0, 0.05) is 10.6 Å². The first-order valence-electron chi connectivity index (χ1n) is 8.85. The van der Waals surface area contributed by atoms with E-state index in [0.29, 0.717) is 5.92 Å². The summed E-state index contributed by atoms with van der Waals surface area (Å²) in [6.45, 7) is 4.56. The van der Waals surface area contributed by atoms with Crippen molar-refractivity contribution in [3.05, 3.63) is 88.1 Å². The van der Waals surface area contributed by atoms with Gasteiger partial charge in [0.05, 0.1) is 12.6 Å². The van der Waals surface area contributed by atoms with Crippen LogP contribution in [0.3, 0.4) is 0 Å². The van der Waals surface area contributed by atoms with Crippen LogP contribution in [0.5, 0.6) is 0 Å². The van der Waals surface area contributed by atoms with Crippen LogP contribution in [0, 0.1) is 0 Å². The molecule has 3 aromatic rings. The number of hydrogen-bond donors (Lipinski definition) is 2. The Morgan fingerprint density at radius 2 is 1.69 bits per heavy atom. The Morgan fingerprint density at radius 1 is 0.962 bits per heavy atom. The molecule has 1 aromatic heterocycles. The Bertz CT molecular complexity index is 828. The molecule has 0 unspecified atom stereocenters. The molecule has 0 aliphatic carbocycles. The van der Waals surface area contributed by atoms with Crippen molar-refractivity contribution in [3.63, 3.8) is 0 Å². The van der Waals surface area contributed by atoms with Gasteiger partial charge >= 0.3 is 0 Å². The predicted molar refractivity (Wildman–Crippen MR) is 110 cm³/mol. The third kappa shape index (κ3) is 4.52. The summed E-state index contributed by atoms with van der Waals surface area (Å²) < 4.78 is 0. The molecule has 3 nitrogen and oxygen atoms in total. The van der Waals surface area contributed by atoms with E-state index in [1.54, 1.807) is 11.3 Å². The van der Waals surface area contributed by atoms with Crippen LogP contribution in [0.4, 0.5) is 5.69 Å². The van der Waals surface area contributed by atoms with Crippen LogP contribution in [0.25, 0.3) is 0 Å². The summed E-state index contributed by atoms with van der Waals surface area (Å²) in [5.74, 6) is 0.385. The number of rotatable bonds is 7. The molecule has 2 N–H and O–H groups in total. The maximum absolute atomic E-state index is 12.6. The third-order valence-electron chi connectivity index (χ3n) is 4.29. The van der Waals surface area contributed by atoms with E-state index in [9.17, 15) is 4.79 Å². The highest BCUT2D eigenvalue weighted by molar-refractivity contribution is 7.10. The number of para-hydroxylation sites is 1. The second-order valence-electron chi connectivity index (χ2n) is 6.52. The molecule has 26 heavy (non-hydrogen) atoms. The predicted octanol–water partition coefficient (Wildman–Crippen LogP) is 5.19. The fourth-order valence-corrected chi connectivity index (χ4v) is 3.77. The molecule has 2 aromatic carbocycles. The van der Waals surface area contributed by atoms with Crippen LogP contribution in [0.15, 0.2) is 72.1 Å². The van der Waals surface area contributed by atoms with Crippen molar-refractivity contribution in [3.8, 4) is 0 Å². The van der Waals surface area contributed by atoms with Gasteiger partial charge in [0.25, 0.3) is 0 Å². The molecule has 1 amide bonds. The van der Waals surface area contributed by atoms with E-state index in [-0.39, 0.29) is 18.5 Å². The van der Waals surface area contributed by atoms with Gasteiger partial charge in [0.15, 0.2) is 0 Å². The largest absolute Gasteiger partial charge is 0.376 e. The lowest BCUT2D eigenvalue weighted by Gasteiger charge is -2.19. The van der Waals surface area contributed by atoms with Crippen LogP contribution in [0.1, 0.15) is 41.8 Å². The number of carbonyl (C=O) groups is 1. The molecule has 134 valence electrons. The molecule has 0 aliphatic rings. The molecule has 0 spiro atoms. The lowest BCUT2D eigenvalue weighted by molar-refractivity contribution is -0.119. The van der Waals surface area contributed by atoms with E-state index < -0.39 is 0 Å². The number of thiophene rings is 1. The second kappa shape index (κ2) is 8.68. The minimum atomic E-state index is -0.120. The number of hydrogen-bond acceptors (Lipinski definition) is 3. The van der Waals surface area contributed by atoms with Gasteiger partial charge < -0.3 is 10.6 Å². The summed E-state index contributed by atoms with van der Waals surface area (Å²) in [6, 6.07) is 22.2. The monoisotopic (exact) mass is 364 g/mol. The topological polar surface area (TPSA) is 41.1 Å². The third-order valence-corrected chi connectivity index (χ3v) is 5.23. The van der Waals surface area contributed by atoms with Crippen molar-refractivity contribution in [2.75, 3.05) is 11.9 Å². The number of nitrogens with one attached hydrogen (secondary N) is 2. The van der Waals surface area contributed by atoms with Gasteiger partial charge in [-0.05, 0) is 34.6 Å². The normalized spacial score (nSPS) is 12.0. The van der Waals surface area contributed by atoms with Gasteiger partial charge in [0.1, 0.15) is 0 Å². The highest BCUT2D eigenvalue weighted by atomic mass is 32.1. The van der Waals surface area contributed by atoms with Gasteiger partial charge in [-0.15, -0.1) is 11.3 Å². The van der Waals surface area contributed by atoms with Gasteiger partial charge in [-0.25, -0.2) is 0 Å². The average Bonchev–Trinajstić information content (AvgIpc) is 3.19. The zero-order valence-corrected chi connectivity index (χ0v) is 15.9. The fraction of sp³-hybridized carbons (Fsp3) is 0.227. The maximum Gasteiger partial charge on any atom is 0.240 e. The van der Waals surface area contributed by atoms with E-state index in [1.165, 1.54) is 5.56 Å². The molecular formula is C22H24N2OS. The first-order valence-corrected chi connectivity index (χ1v) is 9.73. The molecule has 1 atom stereocenters. The second-order valence-corrected chi connectivity index (χ2v) is 7.50. The van der Waals surface area contributed by atoms with Crippen molar-refractivity contribution in [2.24, 2.45) is 0 Å². The lowest BCUT2D eigenvalue weighted by atomic mass is 10.0. The van der Waals surface area contributed by atoms with E-state index in [4.69, 9.17) is 0 Å². The number of benzene rings is 2. The van der Waals surface area contributed by atoms with Crippen LogP contribution in [0.2, 0.25) is 0 Å². The van der Waals surface area contributed by atoms with Crippen molar-refractivity contribution >= 4 is 22.9 Å². The first kappa shape index (κ1) is 18.2. The molecule has 0 radical (unpaired) electrons. The summed E-state index contributed by atoms with van der Waals surface area (Å²) in [7, 11) is 0. The summed E-state index contributed by atoms with van der Waals surface area (Å²) in [4.78, 5) is 13.7. The fourth-order valence-electron chi connectivity index (χ4n) is 2.97. The molecule has 0 bridgehead atoms. The highest BCUT2D eigenvalue weighted by Gasteiger charge is 2.17. The molecule has 1 heterocycles. The summed E-state index contributed by atoms with van der Waals surface area (Å²) in [5, 5.41) is 8.49. The van der Waals surface area contributed by atoms with Crippen molar-refractivity contribution in [1.29, 1.82) is 0 Å². The molecule has 0 fully saturated rings. The Hall–Kier alpha value is -2.59. The summed E-state index contributed by atoms with van der Waals surface area (Å²) in [5.41, 5.74) is 3.33. The van der Waals surface area contributed by atoms with E-state index in [0.717, 1.165) is 16.1 Å². The van der Waals surface area contributed by atoms with E-state index in [1.807, 2.05) is 60.0 Å². The molecule has 4 heteroatoms. The van der Waals surface area contributed by atoms with Gasteiger partial charge in [0.2, 0.25) is 5.91 Å². The van der Waals surface area contributed by atoms with Gasteiger partial charge in [-0.2, -0.15) is 0 Å². The standard InChI is InChI=1S/C22H24N2OS/c1-16(2)18-11-6-7-12-19(18)23-15-21(25)24-22(20-13-8-14-26-20)17-9-4-3-5-10-17/h3-14,16,22-23H,15H2,1-2H3,(H,24,25)/t22-/m1/s1. The minimum Gasteiger partial charge on any atom is -0.376 e. The Morgan fingerprint density at radius 3 is 2.38 bits per heavy atom. The van der Waals surface area contributed by atoms with Crippen LogP contribution >= 0.6 is 11.3 Å². The molecule has 3 rings (SSSR count). The van der Waals surface area contributed by atoms with Crippen molar-refractivity contribution < 1.29 is 4.79 Å². The first-order chi connectivity index (χ1) is 12.6. The quantitative estimate of drug-likeness (QED) is 0.606. The molecule has 0 aliphatic heterocycles. The summed E-state index contributed by atoms with van der Waals surface area (Å²) >= 11 is 1.65. The molecule has 0 saturated heterocycles. The van der Waals surface area contributed by atoms with E-state index in [2.05, 4.69) is 36.6 Å². The average molecular weight is 365 g/mol. The lowest BCUT2D eigenvalue weighted by Crippen LogP contribution is -2.33. The van der Waals surface area contributed by atoms with Gasteiger partial charge in [-0.1, -0.05) is 68.4 Å². The van der Waals surface area contributed by atoms with Crippen molar-refractivity contribution in [2.45, 2.75) is 25.8 Å². The zero-order valence-electron chi connectivity index (χ0n) is 15.1.